The van der Waals surface area contributed by atoms with Crippen LogP contribution in [0.1, 0.15) is 19.9 Å². The number of rotatable bonds is 3. The number of alkyl halides is 3. The first-order chi connectivity index (χ1) is 9.28. The minimum Gasteiger partial charge on any atom is -0.383 e. The largest absolute Gasteiger partial charge is 0.446 e. The van der Waals surface area contributed by atoms with Crippen molar-refractivity contribution in [3.63, 3.8) is 0 Å². The van der Waals surface area contributed by atoms with Crippen molar-refractivity contribution in [1.82, 2.24) is 9.55 Å². The number of nitrogens with two attached hydrogens (primary N) is 1. The number of halogens is 3. The Balaban J connectivity index is 2.26. The van der Waals surface area contributed by atoms with Gasteiger partial charge in [0.05, 0.1) is 6.33 Å². The molecule has 0 atom stereocenters. The fourth-order valence-corrected chi connectivity index (χ4v) is 2.36. The molecule has 0 bridgehead atoms. The van der Waals surface area contributed by atoms with Crippen molar-refractivity contribution in [1.29, 1.82) is 0 Å². The quantitative estimate of drug-likeness (QED) is 0.858. The zero-order chi connectivity index (χ0) is 14.9. The van der Waals surface area contributed by atoms with Crippen LogP contribution in [0.2, 0.25) is 0 Å². The van der Waals surface area contributed by atoms with Gasteiger partial charge in [-0.3, -0.25) is 0 Å². The molecule has 1 heterocycles. The molecule has 108 valence electrons. The highest BCUT2D eigenvalue weighted by Gasteiger charge is 2.29. The van der Waals surface area contributed by atoms with Gasteiger partial charge in [-0.2, -0.15) is 13.2 Å². The van der Waals surface area contributed by atoms with Crippen molar-refractivity contribution in [2.24, 2.45) is 0 Å². The molecule has 0 saturated heterocycles. The number of nitrogen functional groups attached to an aromatic ring is 1. The Labute approximate surface area is 119 Å². The number of benzene rings is 1. The fourth-order valence-electron chi connectivity index (χ4n) is 1.82. The monoisotopic (exact) mass is 301 g/mol. The topological polar surface area (TPSA) is 43.8 Å². The van der Waals surface area contributed by atoms with E-state index in [-0.39, 0.29) is 22.7 Å². The van der Waals surface area contributed by atoms with E-state index in [0.717, 1.165) is 0 Å². The summed E-state index contributed by atoms with van der Waals surface area (Å²) in [5.74, 6) is 0.510. The molecule has 0 amide bonds. The highest BCUT2D eigenvalue weighted by Crippen LogP contribution is 2.37. The Bertz CT molecular complexity index is 588. The van der Waals surface area contributed by atoms with E-state index in [2.05, 4.69) is 4.98 Å². The second kappa shape index (κ2) is 5.40. The lowest BCUT2D eigenvalue weighted by atomic mass is 10.1. The van der Waals surface area contributed by atoms with E-state index in [9.17, 15) is 13.2 Å². The molecule has 0 aliphatic rings. The van der Waals surface area contributed by atoms with Crippen LogP contribution in [0.3, 0.4) is 0 Å². The maximum Gasteiger partial charge on any atom is 0.446 e. The van der Waals surface area contributed by atoms with Gasteiger partial charge in [-0.1, -0.05) is 12.1 Å². The molecular weight excluding hydrogens is 287 g/mol. The highest BCUT2D eigenvalue weighted by molar-refractivity contribution is 8.00. The Hall–Kier alpha value is -1.63. The molecule has 0 aliphatic heterocycles. The second-order valence-electron chi connectivity index (χ2n) is 4.55. The molecule has 20 heavy (non-hydrogen) atoms. The molecule has 0 unspecified atom stereocenters. The molecule has 3 nitrogen and oxygen atoms in total. The maximum atomic E-state index is 12.2. The van der Waals surface area contributed by atoms with Crippen LogP contribution in [0.4, 0.5) is 19.0 Å². The van der Waals surface area contributed by atoms with Gasteiger partial charge in [-0.15, -0.1) is 0 Å². The van der Waals surface area contributed by atoms with Crippen LogP contribution in [-0.4, -0.2) is 15.1 Å². The summed E-state index contributed by atoms with van der Waals surface area (Å²) in [5.41, 5.74) is 3.00. The average molecular weight is 301 g/mol. The van der Waals surface area contributed by atoms with E-state index < -0.39 is 5.51 Å². The van der Waals surface area contributed by atoms with Crippen molar-refractivity contribution in [3.05, 3.63) is 30.6 Å². The minimum absolute atomic E-state index is 0.138. The lowest BCUT2D eigenvalue weighted by Crippen LogP contribution is -2.04. The van der Waals surface area contributed by atoms with Gasteiger partial charge in [-0.25, -0.2) is 4.98 Å². The molecule has 0 spiro atoms. The van der Waals surface area contributed by atoms with Crippen LogP contribution < -0.4 is 5.73 Å². The zero-order valence-electron chi connectivity index (χ0n) is 11.0. The van der Waals surface area contributed by atoms with Crippen LogP contribution in [0.15, 0.2) is 35.5 Å². The molecule has 2 rings (SSSR count). The van der Waals surface area contributed by atoms with Crippen molar-refractivity contribution < 1.29 is 13.2 Å². The maximum absolute atomic E-state index is 12.2. The van der Waals surface area contributed by atoms with Crippen LogP contribution in [-0.2, 0) is 0 Å². The van der Waals surface area contributed by atoms with Gasteiger partial charge in [0.15, 0.2) is 0 Å². The van der Waals surface area contributed by atoms with E-state index in [1.165, 1.54) is 12.1 Å². The summed E-state index contributed by atoms with van der Waals surface area (Å²) in [6.07, 6.45) is 1.63. The summed E-state index contributed by atoms with van der Waals surface area (Å²) < 4.78 is 38.6. The Morgan fingerprint density at radius 2 is 1.80 bits per heavy atom. The average Bonchev–Trinajstić information content (AvgIpc) is 2.70. The highest BCUT2D eigenvalue weighted by atomic mass is 32.2. The van der Waals surface area contributed by atoms with Crippen molar-refractivity contribution in [2.75, 3.05) is 5.73 Å². The van der Waals surface area contributed by atoms with Gasteiger partial charge < -0.3 is 10.3 Å². The lowest BCUT2D eigenvalue weighted by Gasteiger charge is -2.09. The summed E-state index contributed by atoms with van der Waals surface area (Å²) in [7, 11) is 0. The normalized spacial score (nSPS) is 12.1. The van der Waals surface area contributed by atoms with E-state index >= 15 is 0 Å². The van der Waals surface area contributed by atoms with E-state index in [4.69, 9.17) is 5.73 Å². The third kappa shape index (κ3) is 3.27. The first-order valence-electron chi connectivity index (χ1n) is 5.96. The van der Waals surface area contributed by atoms with Gasteiger partial charge in [0, 0.05) is 16.5 Å². The van der Waals surface area contributed by atoms with Crippen LogP contribution in [0.5, 0.6) is 0 Å². The van der Waals surface area contributed by atoms with Gasteiger partial charge in [0.2, 0.25) is 0 Å². The molecule has 2 N–H and O–H groups in total. The molecule has 7 heteroatoms. The molecular formula is C13H14F3N3S. The summed E-state index contributed by atoms with van der Waals surface area (Å²) in [4.78, 5) is 4.36. The number of anilines is 1. The molecule has 0 fully saturated rings. The molecule has 2 aromatic rings. The third-order valence-corrected chi connectivity index (χ3v) is 3.49. The third-order valence-electron chi connectivity index (χ3n) is 2.75. The lowest BCUT2D eigenvalue weighted by molar-refractivity contribution is -0.0328. The smallest absolute Gasteiger partial charge is 0.383 e. The molecule has 1 aromatic carbocycles. The van der Waals surface area contributed by atoms with Crippen LogP contribution >= 0.6 is 11.8 Å². The first kappa shape index (κ1) is 14.8. The fraction of sp³-hybridized carbons (Fsp3) is 0.308. The first-order valence-corrected chi connectivity index (χ1v) is 6.78. The van der Waals surface area contributed by atoms with Crippen LogP contribution in [0, 0.1) is 0 Å². The molecule has 0 aliphatic carbocycles. The number of thioether (sulfide) groups is 1. The van der Waals surface area contributed by atoms with Gasteiger partial charge in [0.1, 0.15) is 11.5 Å². The van der Waals surface area contributed by atoms with E-state index in [1.807, 2.05) is 18.4 Å². The van der Waals surface area contributed by atoms with Crippen molar-refractivity contribution >= 4 is 17.6 Å². The summed E-state index contributed by atoms with van der Waals surface area (Å²) in [6.45, 7) is 3.95. The van der Waals surface area contributed by atoms with E-state index in [0.29, 0.717) is 17.1 Å². The Morgan fingerprint density at radius 1 is 1.20 bits per heavy atom. The second-order valence-corrected chi connectivity index (χ2v) is 5.69. The van der Waals surface area contributed by atoms with Gasteiger partial charge >= 0.3 is 5.51 Å². The summed E-state index contributed by atoms with van der Waals surface area (Å²) in [5, 5.41) is 0. The number of hydrogen-bond acceptors (Lipinski definition) is 3. The number of aromatic nitrogens is 2. The number of hydrogen-bond donors (Lipinski definition) is 1. The Kier molecular flexibility index (Phi) is 3.99. The van der Waals surface area contributed by atoms with E-state index in [1.54, 1.807) is 18.5 Å². The molecule has 1 aromatic heterocycles. The van der Waals surface area contributed by atoms with Crippen molar-refractivity contribution in [2.45, 2.75) is 30.3 Å². The predicted octanol–water partition coefficient (Wildman–Crippen LogP) is 4.33. The number of nitrogens with zero attached hydrogens (tertiary/aromatic N) is 2. The van der Waals surface area contributed by atoms with Crippen LogP contribution in [0.25, 0.3) is 11.3 Å². The number of imidazole rings is 1. The predicted molar refractivity (Wildman–Crippen MR) is 74.4 cm³/mol. The molecule has 0 saturated carbocycles. The standard InChI is InChI=1S/C13H14F3N3S/c1-8(2)19-7-18-11(12(19)17)9-3-5-10(6-4-9)20-13(14,15)16/h3-8H,17H2,1-2H3. The van der Waals surface area contributed by atoms with Gasteiger partial charge in [-0.05, 0) is 37.7 Å². The van der Waals surface area contributed by atoms with Crippen molar-refractivity contribution in [3.8, 4) is 11.3 Å². The minimum atomic E-state index is -4.28. The summed E-state index contributed by atoms with van der Waals surface area (Å²) in [6, 6.07) is 6.20. The Morgan fingerprint density at radius 3 is 2.25 bits per heavy atom. The summed E-state index contributed by atoms with van der Waals surface area (Å²) >= 11 is -0.138. The SMILES string of the molecule is CC(C)n1cnc(-c2ccc(SC(F)(F)F)cc2)c1N. The molecule has 0 radical (unpaired) electrons. The zero-order valence-corrected chi connectivity index (χ0v) is 11.8. The van der Waals surface area contributed by atoms with Gasteiger partial charge in [0.25, 0.3) is 0 Å².